The molecular formula is C17H25NO. The van der Waals surface area contributed by atoms with Crippen LogP contribution < -0.4 is 5.73 Å². The van der Waals surface area contributed by atoms with Crippen molar-refractivity contribution in [2.75, 3.05) is 0 Å². The molecule has 2 rings (SSSR count). The highest BCUT2D eigenvalue weighted by Gasteiger charge is 2.39. The maximum absolute atomic E-state index is 11.6. The molecule has 1 atom stereocenters. The summed E-state index contributed by atoms with van der Waals surface area (Å²) in [6, 6.07) is 10.6. The summed E-state index contributed by atoms with van der Waals surface area (Å²) in [5.74, 6) is -0.133. The van der Waals surface area contributed by atoms with Gasteiger partial charge in [-0.1, -0.05) is 56.5 Å². The van der Waals surface area contributed by atoms with E-state index in [1.54, 1.807) is 0 Å². The van der Waals surface area contributed by atoms with Crippen LogP contribution in [0.1, 0.15) is 51.0 Å². The van der Waals surface area contributed by atoms with Gasteiger partial charge in [0, 0.05) is 5.92 Å². The zero-order valence-electron chi connectivity index (χ0n) is 11.9. The summed E-state index contributed by atoms with van der Waals surface area (Å²) in [6.07, 6.45) is 8.24. The Bertz CT molecular complexity index is 407. The minimum Gasteiger partial charge on any atom is -0.369 e. The van der Waals surface area contributed by atoms with Crippen molar-refractivity contribution in [2.24, 2.45) is 17.1 Å². The van der Waals surface area contributed by atoms with Crippen LogP contribution in [0.2, 0.25) is 0 Å². The van der Waals surface area contributed by atoms with Crippen LogP contribution >= 0.6 is 0 Å². The Kier molecular flexibility index (Phi) is 4.62. The number of benzene rings is 1. The molecule has 0 aromatic heterocycles. The SMILES string of the molecule is CC(C(N)=O)C1(CCc2ccccc2)CCCCC1. The molecule has 2 heteroatoms. The topological polar surface area (TPSA) is 43.1 Å². The van der Waals surface area contributed by atoms with Crippen LogP contribution in [0.5, 0.6) is 0 Å². The summed E-state index contributed by atoms with van der Waals surface area (Å²) in [6.45, 7) is 2.03. The molecule has 0 radical (unpaired) electrons. The summed E-state index contributed by atoms with van der Waals surface area (Å²) >= 11 is 0. The Labute approximate surface area is 116 Å². The first-order valence-corrected chi connectivity index (χ1v) is 7.47. The first kappa shape index (κ1) is 14.1. The van der Waals surface area contributed by atoms with Gasteiger partial charge in [-0.05, 0) is 36.7 Å². The minimum atomic E-state index is -0.130. The van der Waals surface area contributed by atoms with E-state index in [2.05, 4.69) is 24.3 Å². The van der Waals surface area contributed by atoms with Crippen LogP contribution in [0.4, 0.5) is 0 Å². The van der Waals surface area contributed by atoms with Crippen LogP contribution in [0.3, 0.4) is 0 Å². The van der Waals surface area contributed by atoms with Gasteiger partial charge in [0.15, 0.2) is 0 Å². The van der Waals surface area contributed by atoms with Gasteiger partial charge in [-0.3, -0.25) is 4.79 Å². The highest BCUT2D eigenvalue weighted by Crippen LogP contribution is 2.46. The van der Waals surface area contributed by atoms with Crippen LogP contribution in [0.15, 0.2) is 30.3 Å². The van der Waals surface area contributed by atoms with E-state index in [0.717, 1.165) is 25.7 Å². The van der Waals surface area contributed by atoms with Gasteiger partial charge >= 0.3 is 0 Å². The number of carbonyl (C=O) groups is 1. The van der Waals surface area contributed by atoms with Gasteiger partial charge in [0.1, 0.15) is 0 Å². The molecule has 1 aromatic carbocycles. The lowest BCUT2D eigenvalue weighted by molar-refractivity contribution is -0.126. The smallest absolute Gasteiger partial charge is 0.220 e. The van der Waals surface area contributed by atoms with Crippen LogP contribution in [0.25, 0.3) is 0 Å². The van der Waals surface area contributed by atoms with Crippen molar-refractivity contribution in [2.45, 2.75) is 51.9 Å². The van der Waals surface area contributed by atoms with Gasteiger partial charge in [-0.25, -0.2) is 0 Å². The zero-order chi connectivity index (χ0) is 13.7. The van der Waals surface area contributed by atoms with Crippen molar-refractivity contribution < 1.29 is 4.79 Å². The lowest BCUT2D eigenvalue weighted by Crippen LogP contribution is -2.39. The predicted octanol–water partition coefficient (Wildman–Crippen LogP) is 3.69. The molecule has 0 spiro atoms. The van der Waals surface area contributed by atoms with Crippen LogP contribution in [-0.4, -0.2) is 5.91 Å². The van der Waals surface area contributed by atoms with Crippen molar-refractivity contribution in [3.05, 3.63) is 35.9 Å². The second-order valence-corrected chi connectivity index (χ2v) is 6.03. The Hall–Kier alpha value is -1.31. The second-order valence-electron chi connectivity index (χ2n) is 6.03. The number of primary amides is 1. The lowest BCUT2D eigenvalue weighted by atomic mass is 9.63. The fourth-order valence-corrected chi connectivity index (χ4v) is 3.50. The van der Waals surface area contributed by atoms with Crippen molar-refractivity contribution in [3.8, 4) is 0 Å². The fourth-order valence-electron chi connectivity index (χ4n) is 3.50. The van der Waals surface area contributed by atoms with E-state index in [9.17, 15) is 4.79 Å². The molecule has 1 amide bonds. The van der Waals surface area contributed by atoms with Crippen LogP contribution in [-0.2, 0) is 11.2 Å². The molecule has 1 unspecified atom stereocenters. The highest BCUT2D eigenvalue weighted by atomic mass is 16.1. The lowest BCUT2D eigenvalue weighted by Gasteiger charge is -2.41. The number of amides is 1. The number of aryl methyl sites for hydroxylation is 1. The summed E-state index contributed by atoms with van der Waals surface area (Å²) in [5, 5.41) is 0. The average molecular weight is 259 g/mol. The molecule has 104 valence electrons. The average Bonchev–Trinajstić information content (AvgIpc) is 2.46. The first-order chi connectivity index (χ1) is 9.14. The van der Waals surface area contributed by atoms with Gasteiger partial charge in [-0.2, -0.15) is 0 Å². The summed E-state index contributed by atoms with van der Waals surface area (Å²) in [7, 11) is 0. The van der Waals surface area contributed by atoms with Gasteiger partial charge < -0.3 is 5.73 Å². The molecule has 1 fully saturated rings. The number of hydrogen-bond donors (Lipinski definition) is 1. The van der Waals surface area contributed by atoms with Crippen molar-refractivity contribution >= 4 is 5.91 Å². The molecular weight excluding hydrogens is 234 g/mol. The standard InChI is InChI=1S/C17H25NO/c1-14(16(18)19)17(11-6-3-7-12-17)13-10-15-8-4-2-5-9-15/h2,4-5,8-9,14H,3,6-7,10-13H2,1H3,(H2,18,19). The van der Waals surface area contributed by atoms with E-state index in [-0.39, 0.29) is 17.2 Å². The van der Waals surface area contributed by atoms with E-state index in [1.165, 1.54) is 24.8 Å². The number of hydrogen-bond acceptors (Lipinski definition) is 1. The molecule has 1 saturated carbocycles. The fraction of sp³-hybridized carbons (Fsp3) is 0.588. The van der Waals surface area contributed by atoms with E-state index < -0.39 is 0 Å². The Morgan fingerprint density at radius 3 is 2.42 bits per heavy atom. The van der Waals surface area contributed by atoms with Gasteiger partial charge in [0.25, 0.3) is 0 Å². The Morgan fingerprint density at radius 1 is 1.21 bits per heavy atom. The molecule has 19 heavy (non-hydrogen) atoms. The minimum absolute atomic E-state index is 0.00323. The largest absolute Gasteiger partial charge is 0.369 e. The van der Waals surface area contributed by atoms with E-state index in [4.69, 9.17) is 5.73 Å². The summed E-state index contributed by atoms with van der Waals surface area (Å²) in [4.78, 5) is 11.6. The van der Waals surface area contributed by atoms with E-state index in [0.29, 0.717) is 0 Å². The maximum atomic E-state index is 11.6. The molecule has 1 aliphatic carbocycles. The molecule has 0 aliphatic heterocycles. The Balaban J connectivity index is 2.07. The monoisotopic (exact) mass is 259 g/mol. The molecule has 0 saturated heterocycles. The summed E-state index contributed by atoms with van der Waals surface area (Å²) in [5.41, 5.74) is 7.09. The number of nitrogens with two attached hydrogens (primary N) is 1. The van der Waals surface area contributed by atoms with Gasteiger partial charge in [-0.15, -0.1) is 0 Å². The van der Waals surface area contributed by atoms with Crippen molar-refractivity contribution in [3.63, 3.8) is 0 Å². The molecule has 1 aromatic rings. The van der Waals surface area contributed by atoms with Gasteiger partial charge in [0.05, 0.1) is 0 Å². The van der Waals surface area contributed by atoms with E-state index >= 15 is 0 Å². The molecule has 2 nitrogen and oxygen atoms in total. The van der Waals surface area contributed by atoms with E-state index in [1.807, 2.05) is 13.0 Å². The predicted molar refractivity (Wildman–Crippen MR) is 78.6 cm³/mol. The number of rotatable bonds is 5. The normalized spacial score (nSPS) is 19.8. The zero-order valence-corrected chi connectivity index (χ0v) is 11.9. The third kappa shape index (κ3) is 3.37. The quantitative estimate of drug-likeness (QED) is 0.861. The Morgan fingerprint density at radius 2 is 1.84 bits per heavy atom. The third-order valence-electron chi connectivity index (χ3n) is 4.95. The molecule has 2 N–H and O–H groups in total. The highest BCUT2D eigenvalue weighted by molar-refractivity contribution is 5.77. The molecule has 0 bridgehead atoms. The van der Waals surface area contributed by atoms with Crippen molar-refractivity contribution in [1.82, 2.24) is 0 Å². The third-order valence-corrected chi connectivity index (χ3v) is 4.95. The van der Waals surface area contributed by atoms with Crippen LogP contribution in [0, 0.1) is 11.3 Å². The first-order valence-electron chi connectivity index (χ1n) is 7.47. The van der Waals surface area contributed by atoms with Crippen molar-refractivity contribution in [1.29, 1.82) is 0 Å². The molecule has 0 heterocycles. The molecule has 1 aliphatic rings. The maximum Gasteiger partial charge on any atom is 0.220 e. The van der Waals surface area contributed by atoms with Gasteiger partial charge in [0.2, 0.25) is 5.91 Å². The number of carbonyl (C=O) groups excluding carboxylic acids is 1. The second kappa shape index (κ2) is 6.23. The summed E-state index contributed by atoms with van der Waals surface area (Å²) < 4.78 is 0.